The Morgan fingerprint density at radius 3 is 2.83 bits per heavy atom. The van der Waals surface area contributed by atoms with Crippen molar-refractivity contribution in [3.05, 3.63) is 33.3 Å². The van der Waals surface area contributed by atoms with Gasteiger partial charge in [0.1, 0.15) is 0 Å². The van der Waals surface area contributed by atoms with E-state index in [1.54, 1.807) is 25.3 Å². The number of carbonyl (C=O) groups is 1. The second kappa shape index (κ2) is 8.15. The lowest BCUT2D eigenvalue weighted by atomic mass is 10.2. The van der Waals surface area contributed by atoms with Crippen molar-refractivity contribution in [2.75, 3.05) is 19.0 Å². The molecule has 1 N–H and O–H groups in total. The highest BCUT2D eigenvalue weighted by Gasteiger charge is 2.15. The summed E-state index contributed by atoms with van der Waals surface area (Å²) in [6.07, 6.45) is 0.799. The number of alkyl halides is 1. The number of halogens is 3. The normalized spacial score (nSPS) is 12.2. The molecule has 3 nitrogen and oxygen atoms in total. The summed E-state index contributed by atoms with van der Waals surface area (Å²) in [6, 6.07) is 5.16. The number of hydrogen-bond donors (Lipinski definition) is 1. The SMILES string of the molecule is COCC(CCBr)NC(=O)c1ccc(Br)cc1Cl. The number of nitrogens with one attached hydrogen (secondary N) is 1. The van der Waals surface area contributed by atoms with E-state index in [0.29, 0.717) is 17.2 Å². The molecule has 0 saturated carbocycles. The van der Waals surface area contributed by atoms with Gasteiger partial charge in [-0.25, -0.2) is 0 Å². The van der Waals surface area contributed by atoms with Crippen LogP contribution in [0.25, 0.3) is 0 Å². The van der Waals surface area contributed by atoms with Gasteiger partial charge in [0.2, 0.25) is 0 Å². The zero-order valence-corrected chi connectivity index (χ0v) is 13.8. The van der Waals surface area contributed by atoms with Crippen LogP contribution >= 0.6 is 43.5 Å². The molecule has 0 bridgehead atoms. The van der Waals surface area contributed by atoms with Gasteiger partial charge in [0, 0.05) is 16.9 Å². The van der Waals surface area contributed by atoms with Crippen LogP contribution in [0, 0.1) is 0 Å². The molecule has 0 saturated heterocycles. The first-order valence-electron chi connectivity index (χ1n) is 5.39. The van der Waals surface area contributed by atoms with Gasteiger partial charge < -0.3 is 10.1 Å². The Morgan fingerprint density at radius 2 is 2.28 bits per heavy atom. The summed E-state index contributed by atoms with van der Waals surface area (Å²) < 4.78 is 5.91. The fourth-order valence-corrected chi connectivity index (χ4v) is 2.78. The van der Waals surface area contributed by atoms with E-state index in [4.69, 9.17) is 16.3 Å². The second-order valence-electron chi connectivity index (χ2n) is 3.73. The molecule has 1 aromatic carbocycles. The Balaban J connectivity index is 2.73. The molecule has 0 aromatic heterocycles. The lowest BCUT2D eigenvalue weighted by Crippen LogP contribution is -2.38. The molecule has 0 fully saturated rings. The summed E-state index contributed by atoms with van der Waals surface area (Å²) in [4.78, 5) is 12.1. The van der Waals surface area contributed by atoms with Gasteiger partial charge in [0.05, 0.1) is 23.2 Å². The van der Waals surface area contributed by atoms with E-state index in [2.05, 4.69) is 37.2 Å². The van der Waals surface area contributed by atoms with Gasteiger partial charge in [0.15, 0.2) is 0 Å². The third-order valence-corrected chi connectivity index (χ3v) is 3.60. The zero-order valence-electron chi connectivity index (χ0n) is 9.88. The van der Waals surface area contributed by atoms with Crippen molar-refractivity contribution >= 4 is 49.4 Å². The van der Waals surface area contributed by atoms with Gasteiger partial charge in [-0.1, -0.05) is 43.5 Å². The minimum absolute atomic E-state index is 0.0263. The first-order chi connectivity index (χ1) is 8.58. The van der Waals surface area contributed by atoms with Crippen molar-refractivity contribution in [1.29, 1.82) is 0 Å². The van der Waals surface area contributed by atoms with E-state index in [9.17, 15) is 4.79 Å². The molecule has 100 valence electrons. The third-order valence-electron chi connectivity index (χ3n) is 2.34. The van der Waals surface area contributed by atoms with Gasteiger partial charge in [-0.3, -0.25) is 4.79 Å². The fourth-order valence-electron chi connectivity index (χ4n) is 1.47. The Hall–Kier alpha value is -0.100. The molecule has 0 aliphatic carbocycles. The number of benzene rings is 1. The second-order valence-corrected chi connectivity index (χ2v) is 5.84. The van der Waals surface area contributed by atoms with Crippen LogP contribution in [0.15, 0.2) is 22.7 Å². The lowest BCUT2D eigenvalue weighted by molar-refractivity contribution is 0.0895. The minimum Gasteiger partial charge on any atom is -0.383 e. The fraction of sp³-hybridized carbons (Fsp3) is 0.417. The van der Waals surface area contributed by atoms with Gasteiger partial charge in [0.25, 0.3) is 5.91 Å². The molecule has 1 amide bonds. The maximum atomic E-state index is 12.1. The molecule has 1 atom stereocenters. The molecular weight excluding hydrogens is 385 g/mol. The van der Waals surface area contributed by atoms with Crippen LogP contribution in [0.5, 0.6) is 0 Å². The summed E-state index contributed by atoms with van der Waals surface area (Å²) in [6.45, 7) is 0.478. The van der Waals surface area contributed by atoms with E-state index in [0.717, 1.165) is 16.2 Å². The Kier molecular flexibility index (Phi) is 7.22. The van der Waals surface area contributed by atoms with Crippen molar-refractivity contribution in [1.82, 2.24) is 5.32 Å². The molecule has 18 heavy (non-hydrogen) atoms. The summed E-state index contributed by atoms with van der Waals surface area (Å²) in [5, 5.41) is 4.13. The molecule has 0 aliphatic rings. The van der Waals surface area contributed by atoms with Crippen LogP contribution in [0.1, 0.15) is 16.8 Å². The number of rotatable bonds is 6. The summed E-state index contributed by atoms with van der Waals surface area (Å²) >= 11 is 12.7. The number of hydrogen-bond acceptors (Lipinski definition) is 2. The summed E-state index contributed by atoms with van der Waals surface area (Å²) in [7, 11) is 1.61. The number of carbonyl (C=O) groups excluding carboxylic acids is 1. The van der Waals surface area contributed by atoms with Crippen LogP contribution in [-0.2, 0) is 4.74 Å². The smallest absolute Gasteiger partial charge is 0.253 e. The van der Waals surface area contributed by atoms with Gasteiger partial charge in [-0.05, 0) is 24.6 Å². The van der Waals surface area contributed by atoms with E-state index in [1.807, 2.05) is 0 Å². The standard InChI is InChI=1S/C12H14Br2ClNO2/c1-18-7-9(4-5-13)16-12(17)10-3-2-8(14)6-11(10)15/h2-3,6,9H,4-5,7H2,1H3,(H,16,17). The molecule has 6 heteroatoms. The summed E-state index contributed by atoms with van der Waals surface area (Å²) in [5.41, 5.74) is 0.468. The Morgan fingerprint density at radius 1 is 1.56 bits per heavy atom. The molecule has 1 unspecified atom stereocenters. The number of methoxy groups -OCH3 is 1. The Bertz CT molecular complexity index is 409. The van der Waals surface area contributed by atoms with Crippen LogP contribution in [0.4, 0.5) is 0 Å². The minimum atomic E-state index is -0.185. The van der Waals surface area contributed by atoms with Crippen LogP contribution < -0.4 is 5.32 Å². The predicted octanol–water partition coefficient (Wildman–Crippen LogP) is 3.63. The van der Waals surface area contributed by atoms with Crippen LogP contribution in [0.3, 0.4) is 0 Å². The van der Waals surface area contributed by atoms with Gasteiger partial charge in [-0.2, -0.15) is 0 Å². The van der Waals surface area contributed by atoms with Crippen molar-refractivity contribution in [2.24, 2.45) is 0 Å². The molecule has 1 rings (SSSR count). The highest BCUT2D eigenvalue weighted by Crippen LogP contribution is 2.21. The Labute approximate surface area is 128 Å². The van der Waals surface area contributed by atoms with E-state index in [1.165, 1.54) is 0 Å². The molecule has 0 radical (unpaired) electrons. The van der Waals surface area contributed by atoms with Crippen molar-refractivity contribution < 1.29 is 9.53 Å². The van der Waals surface area contributed by atoms with E-state index < -0.39 is 0 Å². The maximum Gasteiger partial charge on any atom is 0.253 e. The first-order valence-corrected chi connectivity index (χ1v) is 7.68. The molecule has 1 aromatic rings. The quantitative estimate of drug-likeness (QED) is 0.742. The lowest BCUT2D eigenvalue weighted by Gasteiger charge is -2.17. The van der Waals surface area contributed by atoms with Crippen molar-refractivity contribution in [3.8, 4) is 0 Å². The van der Waals surface area contributed by atoms with Crippen LogP contribution in [-0.4, -0.2) is 31.0 Å². The third kappa shape index (κ3) is 4.88. The largest absolute Gasteiger partial charge is 0.383 e. The first kappa shape index (κ1) is 16.0. The van der Waals surface area contributed by atoms with Crippen molar-refractivity contribution in [3.63, 3.8) is 0 Å². The molecular formula is C12H14Br2ClNO2. The molecule has 0 aliphatic heterocycles. The van der Waals surface area contributed by atoms with E-state index >= 15 is 0 Å². The van der Waals surface area contributed by atoms with Crippen LogP contribution in [0.2, 0.25) is 5.02 Å². The highest BCUT2D eigenvalue weighted by atomic mass is 79.9. The maximum absolute atomic E-state index is 12.1. The molecule has 0 heterocycles. The number of amides is 1. The average Bonchev–Trinajstić information content (AvgIpc) is 2.29. The topological polar surface area (TPSA) is 38.3 Å². The van der Waals surface area contributed by atoms with Gasteiger partial charge in [-0.15, -0.1) is 0 Å². The molecule has 0 spiro atoms. The highest BCUT2D eigenvalue weighted by molar-refractivity contribution is 9.10. The summed E-state index contributed by atoms with van der Waals surface area (Å²) in [5.74, 6) is -0.185. The number of ether oxygens (including phenoxy) is 1. The van der Waals surface area contributed by atoms with E-state index in [-0.39, 0.29) is 11.9 Å². The average molecular weight is 400 g/mol. The predicted molar refractivity (Wildman–Crippen MR) is 80.7 cm³/mol. The monoisotopic (exact) mass is 397 g/mol. The van der Waals surface area contributed by atoms with Gasteiger partial charge >= 0.3 is 0 Å². The zero-order chi connectivity index (χ0) is 13.5. The van der Waals surface area contributed by atoms with Crippen molar-refractivity contribution in [2.45, 2.75) is 12.5 Å².